The van der Waals surface area contributed by atoms with Crippen LogP contribution in [0.1, 0.15) is 43.0 Å². The first-order valence-corrected chi connectivity index (χ1v) is 7.24. The van der Waals surface area contributed by atoms with Crippen LogP contribution in [0.25, 0.3) is 0 Å². The van der Waals surface area contributed by atoms with Gasteiger partial charge in [0.2, 0.25) is 0 Å². The summed E-state index contributed by atoms with van der Waals surface area (Å²) in [5.41, 5.74) is 0.341. The summed E-state index contributed by atoms with van der Waals surface area (Å²) in [6.07, 6.45) is 0.893. The Hall–Kier alpha value is -2.24. The zero-order valence-corrected chi connectivity index (χ0v) is 12.3. The van der Waals surface area contributed by atoms with Gasteiger partial charge in [0.05, 0.1) is 6.42 Å². The Morgan fingerprint density at radius 2 is 1.86 bits per heavy atom. The van der Waals surface area contributed by atoms with Crippen LogP contribution in [0.15, 0.2) is 24.3 Å². The number of halogens is 1. The van der Waals surface area contributed by atoms with E-state index < -0.39 is 17.9 Å². The number of ether oxygens (including phenoxy) is 1. The number of benzene rings is 1. The lowest BCUT2D eigenvalue weighted by molar-refractivity contribution is -0.154. The second-order valence-corrected chi connectivity index (χ2v) is 5.35. The summed E-state index contributed by atoms with van der Waals surface area (Å²) in [6.45, 7) is 1.50. The lowest BCUT2D eigenvalue weighted by Gasteiger charge is -2.12. The van der Waals surface area contributed by atoms with Crippen molar-refractivity contribution in [1.82, 2.24) is 5.32 Å². The first kappa shape index (κ1) is 16.1. The number of rotatable bonds is 7. The highest BCUT2D eigenvalue weighted by Gasteiger charge is 2.27. The molecule has 1 aliphatic carbocycles. The minimum absolute atomic E-state index is 0.0402. The molecule has 1 saturated carbocycles. The summed E-state index contributed by atoms with van der Waals surface area (Å²) in [5, 5.41) is 2.74. The van der Waals surface area contributed by atoms with Crippen molar-refractivity contribution in [2.24, 2.45) is 0 Å². The second kappa shape index (κ2) is 7.15. The Kier molecular flexibility index (Phi) is 5.25. The number of carbonyl (C=O) groups excluding carboxylic acids is 3. The molecular formula is C16H18FNO4. The van der Waals surface area contributed by atoms with Gasteiger partial charge in [-0.3, -0.25) is 14.4 Å². The monoisotopic (exact) mass is 307 g/mol. The molecular weight excluding hydrogens is 289 g/mol. The third kappa shape index (κ3) is 4.95. The molecule has 1 fully saturated rings. The molecule has 1 aromatic rings. The molecule has 5 nitrogen and oxygen atoms in total. The molecule has 0 spiro atoms. The third-order valence-corrected chi connectivity index (χ3v) is 3.32. The van der Waals surface area contributed by atoms with Crippen LogP contribution in [-0.2, 0) is 14.3 Å². The van der Waals surface area contributed by atoms with Crippen LogP contribution in [0.4, 0.5) is 4.39 Å². The zero-order valence-electron chi connectivity index (χ0n) is 12.3. The van der Waals surface area contributed by atoms with E-state index in [4.69, 9.17) is 4.74 Å². The van der Waals surface area contributed by atoms with Gasteiger partial charge in [0, 0.05) is 18.0 Å². The Balaban J connectivity index is 1.73. The number of hydrogen-bond donors (Lipinski definition) is 1. The normalized spacial score (nSPS) is 15.0. The van der Waals surface area contributed by atoms with Gasteiger partial charge < -0.3 is 10.1 Å². The molecule has 6 heteroatoms. The molecule has 0 radical (unpaired) electrons. The van der Waals surface area contributed by atoms with E-state index in [9.17, 15) is 18.8 Å². The van der Waals surface area contributed by atoms with Gasteiger partial charge in [-0.2, -0.15) is 0 Å². The third-order valence-electron chi connectivity index (χ3n) is 3.32. The molecule has 1 aromatic carbocycles. The predicted octanol–water partition coefficient (Wildman–Crippen LogP) is 2.00. The Morgan fingerprint density at radius 1 is 1.23 bits per heavy atom. The van der Waals surface area contributed by atoms with Gasteiger partial charge in [-0.1, -0.05) is 0 Å². The fraction of sp³-hybridized carbons (Fsp3) is 0.438. The smallest absolute Gasteiger partial charge is 0.307 e. The van der Waals surface area contributed by atoms with Crippen LogP contribution in [-0.4, -0.2) is 29.8 Å². The Labute approximate surface area is 127 Å². The molecule has 0 bridgehead atoms. The zero-order chi connectivity index (χ0) is 16.1. The Bertz CT molecular complexity index is 566. The van der Waals surface area contributed by atoms with Gasteiger partial charge in [0.1, 0.15) is 5.82 Å². The molecule has 0 aromatic heterocycles. The number of hydrogen-bond acceptors (Lipinski definition) is 4. The molecule has 1 aliphatic rings. The van der Waals surface area contributed by atoms with E-state index in [-0.39, 0.29) is 30.6 Å². The largest absolute Gasteiger partial charge is 0.453 e. The number of amides is 1. The van der Waals surface area contributed by atoms with Crippen molar-refractivity contribution in [3.8, 4) is 0 Å². The minimum atomic E-state index is -0.867. The highest BCUT2D eigenvalue weighted by molar-refractivity contribution is 5.97. The molecule has 0 heterocycles. The van der Waals surface area contributed by atoms with Gasteiger partial charge in [-0.15, -0.1) is 0 Å². The minimum Gasteiger partial charge on any atom is -0.453 e. The van der Waals surface area contributed by atoms with Crippen molar-refractivity contribution in [2.45, 2.75) is 44.8 Å². The van der Waals surface area contributed by atoms with Crippen molar-refractivity contribution < 1.29 is 23.5 Å². The quantitative estimate of drug-likeness (QED) is 0.618. The number of ketones is 1. The second-order valence-electron chi connectivity index (χ2n) is 5.35. The molecule has 1 atom stereocenters. The lowest BCUT2D eigenvalue weighted by Crippen LogP contribution is -2.37. The standard InChI is InChI=1S/C16H18FNO4/c1-10(16(21)18-13-6-7-13)22-15(20)9-8-14(19)11-2-4-12(17)5-3-11/h2-5,10,13H,6-9H2,1H3,(H,18,21)/t10-/m1/s1. The molecule has 0 unspecified atom stereocenters. The first-order chi connectivity index (χ1) is 10.5. The summed E-state index contributed by atoms with van der Waals surface area (Å²) < 4.78 is 17.7. The fourth-order valence-corrected chi connectivity index (χ4v) is 1.85. The SMILES string of the molecule is C[C@@H](OC(=O)CCC(=O)c1ccc(F)cc1)C(=O)NC1CC1. The number of carbonyl (C=O) groups is 3. The maximum absolute atomic E-state index is 12.8. The average molecular weight is 307 g/mol. The highest BCUT2D eigenvalue weighted by atomic mass is 19.1. The summed E-state index contributed by atoms with van der Waals surface area (Å²) in [6, 6.07) is 5.32. The van der Waals surface area contributed by atoms with Gasteiger partial charge in [0.15, 0.2) is 11.9 Å². The maximum Gasteiger partial charge on any atom is 0.307 e. The topological polar surface area (TPSA) is 72.5 Å². The number of esters is 1. The molecule has 2 rings (SSSR count). The van der Waals surface area contributed by atoms with E-state index in [1.807, 2.05) is 0 Å². The van der Waals surface area contributed by atoms with E-state index in [1.54, 1.807) is 0 Å². The lowest BCUT2D eigenvalue weighted by atomic mass is 10.1. The van der Waals surface area contributed by atoms with Crippen LogP contribution >= 0.6 is 0 Å². The predicted molar refractivity (Wildman–Crippen MR) is 76.7 cm³/mol. The fourth-order valence-electron chi connectivity index (χ4n) is 1.85. The molecule has 1 N–H and O–H groups in total. The van der Waals surface area contributed by atoms with E-state index in [0.29, 0.717) is 5.56 Å². The van der Waals surface area contributed by atoms with Crippen LogP contribution < -0.4 is 5.32 Å². The molecule has 0 aliphatic heterocycles. The van der Waals surface area contributed by atoms with E-state index in [2.05, 4.69) is 5.32 Å². The Morgan fingerprint density at radius 3 is 2.45 bits per heavy atom. The molecule has 22 heavy (non-hydrogen) atoms. The van der Waals surface area contributed by atoms with Crippen molar-refractivity contribution in [1.29, 1.82) is 0 Å². The van der Waals surface area contributed by atoms with Crippen molar-refractivity contribution in [2.75, 3.05) is 0 Å². The number of Topliss-reactive ketones (excluding diaryl/α,β-unsaturated/α-hetero) is 1. The summed E-state index contributed by atoms with van der Waals surface area (Å²) in [4.78, 5) is 35.1. The van der Waals surface area contributed by atoms with Crippen molar-refractivity contribution in [3.05, 3.63) is 35.6 Å². The first-order valence-electron chi connectivity index (χ1n) is 7.24. The summed E-state index contributed by atoms with van der Waals surface area (Å²) >= 11 is 0. The van der Waals surface area contributed by atoms with Crippen molar-refractivity contribution in [3.63, 3.8) is 0 Å². The van der Waals surface area contributed by atoms with Crippen LogP contribution in [0.5, 0.6) is 0 Å². The van der Waals surface area contributed by atoms with Crippen LogP contribution in [0.2, 0.25) is 0 Å². The highest BCUT2D eigenvalue weighted by Crippen LogP contribution is 2.18. The average Bonchev–Trinajstić information content (AvgIpc) is 3.29. The van der Waals surface area contributed by atoms with Gasteiger partial charge in [0.25, 0.3) is 5.91 Å². The van der Waals surface area contributed by atoms with Gasteiger partial charge in [-0.05, 0) is 44.0 Å². The van der Waals surface area contributed by atoms with E-state index >= 15 is 0 Å². The number of nitrogens with one attached hydrogen (secondary N) is 1. The molecule has 0 saturated heterocycles. The van der Waals surface area contributed by atoms with Gasteiger partial charge >= 0.3 is 5.97 Å². The summed E-state index contributed by atoms with van der Waals surface area (Å²) in [7, 11) is 0. The van der Waals surface area contributed by atoms with Crippen LogP contribution in [0, 0.1) is 5.82 Å². The van der Waals surface area contributed by atoms with E-state index in [1.165, 1.54) is 31.2 Å². The van der Waals surface area contributed by atoms with Crippen molar-refractivity contribution >= 4 is 17.7 Å². The van der Waals surface area contributed by atoms with Gasteiger partial charge in [-0.25, -0.2) is 4.39 Å². The molecule has 1 amide bonds. The van der Waals surface area contributed by atoms with Crippen LogP contribution in [0.3, 0.4) is 0 Å². The molecule has 118 valence electrons. The maximum atomic E-state index is 12.8. The summed E-state index contributed by atoms with van der Waals surface area (Å²) in [5.74, 6) is -1.62. The van der Waals surface area contributed by atoms with E-state index in [0.717, 1.165) is 12.8 Å².